The van der Waals surface area contributed by atoms with Crippen molar-refractivity contribution in [3.63, 3.8) is 0 Å². The molecule has 1 N–H and O–H groups in total. The fourth-order valence-corrected chi connectivity index (χ4v) is 4.33. The number of carbonyl (C=O) groups excluding carboxylic acids is 2. The normalized spacial score (nSPS) is 19.2. The number of hydrogen-bond donors (Lipinski definition) is 1. The highest BCUT2D eigenvalue weighted by molar-refractivity contribution is 5.94. The molecule has 0 radical (unpaired) electrons. The Labute approximate surface area is 190 Å². The number of nitrogens with one attached hydrogen (secondary N) is 1. The fraction of sp³-hybridized carbons (Fsp3) is 0.462. The van der Waals surface area contributed by atoms with E-state index in [-0.39, 0.29) is 36.5 Å². The van der Waals surface area contributed by atoms with E-state index in [1.807, 2.05) is 36.1 Å². The number of ether oxygens (including phenoxy) is 2. The summed E-state index contributed by atoms with van der Waals surface area (Å²) in [5, 5.41) is 3.08. The minimum atomic E-state index is -0.147. The van der Waals surface area contributed by atoms with Crippen molar-refractivity contribution in [1.29, 1.82) is 0 Å². The predicted octanol–water partition coefficient (Wildman–Crippen LogP) is 4.74. The summed E-state index contributed by atoms with van der Waals surface area (Å²) >= 11 is 0. The van der Waals surface area contributed by atoms with Crippen LogP contribution < -0.4 is 14.8 Å². The zero-order chi connectivity index (χ0) is 23.1. The third kappa shape index (κ3) is 5.81. The van der Waals surface area contributed by atoms with Gasteiger partial charge in [-0.25, -0.2) is 0 Å². The molecular weight excluding hydrogens is 404 g/mol. The van der Waals surface area contributed by atoms with Gasteiger partial charge in [-0.3, -0.25) is 9.59 Å². The standard InChI is InChI=1S/C26H34N2O4/c1-5-24(20-9-13-22(31-4)14-10-20)27-26(30)21-11-15-23(16-12-21)32-17-25(29)28-18(2)7-6-8-19(28)3/h9-16,18-19,24H,5-8,17H2,1-4H3,(H,27,30). The Kier molecular flexibility index (Phi) is 8.14. The quantitative estimate of drug-likeness (QED) is 0.646. The molecule has 1 fully saturated rings. The molecule has 0 aromatic heterocycles. The first-order valence-electron chi connectivity index (χ1n) is 11.4. The molecule has 1 aliphatic rings. The molecule has 0 saturated carbocycles. The molecule has 1 heterocycles. The van der Waals surface area contributed by atoms with Gasteiger partial charge < -0.3 is 19.7 Å². The number of piperidine rings is 1. The zero-order valence-electron chi connectivity index (χ0n) is 19.5. The van der Waals surface area contributed by atoms with Crippen LogP contribution in [0.2, 0.25) is 0 Å². The molecule has 6 nitrogen and oxygen atoms in total. The molecular formula is C26H34N2O4. The molecule has 1 aliphatic heterocycles. The summed E-state index contributed by atoms with van der Waals surface area (Å²) in [4.78, 5) is 27.3. The zero-order valence-corrected chi connectivity index (χ0v) is 19.5. The Hall–Kier alpha value is -3.02. The van der Waals surface area contributed by atoms with Crippen LogP contribution in [0.5, 0.6) is 11.5 Å². The van der Waals surface area contributed by atoms with Crippen LogP contribution in [0.15, 0.2) is 48.5 Å². The summed E-state index contributed by atoms with van der Waals surface area (Å²) in [6, 6.07) is 15.0. The van der Waals surface area contributed by atoms with Crippen LogP contribution >= 0.6 is 0 Å². The van der Waals surface area contributed by atoms with E-state index < -0.39 is 0 Å². The lowest BCUT2D eigenvalue weighted by atomic mass is 9.97. The van der Waals surface area contributed by atoms with E-state index >= 15 is 0 Å². The molecule has 6 heteroatoms. The highest BCUT2D eigenvalue weighted by Gasteiger charge is 2.29. The van der Waals surface area contributed by atoms with E-state index in [0.717, 1.165) is 37.0 Å². The van der Waals surface area contributed by atoms with Gasteiger partial charge in [0, 0.05) is 17.6 Å². The first-order valence-corrected chi connectivity index (χ1v) is 11.4. The minimum absolute atomic E-state index is 0.00953. The van der Waals surface area contributed by atoms with Gasteiger partial charge in [0.25, 0.3) is 11.8 Å². The second-order valence-corrected chi connectivity index (χ2v) is 8.45. The fourth-order valence-electron chi connectivity index (χ4n) is 4.33. The Bertz CT molecular complexity index is 885. The molecule has 2 aromatic rings. The van der Waals surface area contributed by atoms with E-state index in [4.69, 9.17) is 9.47 Å². The largest absolute Gasteiger partial charge is 0.497 e. The number of amides is 2. The van der Waals surface area contributed by atoms with Crippen molar-refractivity contribution < 1.29 is 19.1 Å². The Morgan fingerprint density at radius 2 is 1.59 bits per heavy atom. The molecule has 0 aliphatic carbocycles. The number of hydrogen-bond acceptors (Lipinski definition) is 4. The van der Waals surface area contributed by atoms with Crippen LogP contribution in [0.25, 0.3) is 0 Å². The third-order valence-electron chi connectivity index (χ3n) is 6.19. The van der Waals surface area contributed by atoms with Gasteiger partial charge in [0.15, 0.2) is 6.61 Å². The van der Waals surface area contributed by atoms with Crippen LogP contribution in [-0.2, 0) is 4.79 Å². The molecule has 1 saturated heterocycles. The average molecular weight is 439 g/mol. The lowest BCUT2D eigenvalue weighted by molar-refractivity contribution is -0.139. The van der Waals surface area contributed by atoms with Gasteiger partial charge in [0.1, 0.15) is 11.5 Å². The van der Waals surface area contributed by atoms with E-state index in [1.165, 1.54) is 0 Å². The van der Waals surface area contributed by atoms with Gasteiger partial charge in [-0.1, -0.05) is 19.1 Å². The highest BCUT2D eigenvalue weighted by Crippen LogP contribution is 2.23. The summed E-state index contributed by atoms with van der Waals surface area (Å²) in [6.07, 6.45) is 4.01. The van der Waals surface area contributed by atoms with Crippen molar-refractivity contribution in [2.45, 2.75) is 64.6 Å². The summed E-state index contributed by atoms with van der Waals surface area (Å²) in [6.45, 7) is 6.23. The lowest BCUT2D eigenvalue weighted by Gasteiger charge is -2.38. The smallest absolute Gasteiger partial charge is 0.260 e. The van der Waals surface area contributed by atoms with Crippen molar-refractivity contribution in [3.05, 3.63) is 59.7 Å². The molecule has 0 spiro atoms. The number of likely N-dealkylation sites (tertiary alicyclic amines) is 1. The molecule has 32 heavy (non-hydrogen) atoms. The van der Waals surface area contributed by atoms with Crippen molar-refractivity contribution in [2.75, 3.05) is 13.7 Å². The highest BCUT2D eigenvalue weighted by atomic mass is 16.5. The number of nitrogens with zero attached hydrogens (tertiary/aromatic N) is 1. The van der Waals surface area contributed by atoms with Crippen LogP contribution in [-0.4, -0.2) is 42.5 Å². The van der Waals surface area contributed by atoms with E-state index in [0.29, 0.717) is 11.3 Å². The van der Waals surface area contributed by atoms with Gasteiger partial charge >= 0.3 is 0 Å². The van der Waals surface area contributed by atoms with Gasteiger partial charge in [0.05, 0.1) is 13.2 Å². The Morgan fingerprint density at radius 1 is 1.00 bits per heavy atom. The van der Waals surface area contributed by atoms with Gasteiger partial charge in [0.2, 0.25) is 0 Å². The molecule has 3 unspecified atom stereocenters. The van der Waals surface area contributed by atoms with E-state index in [9.17, 15) is 9.59 Å². The van der Waals surface area contributed by atoms with Gasteiger partial charge in [-0.05, 0) is 81.5 Å². The number of benzene rings is 2. The number of rotatable bonds is 8. The second-order valence-electron chi connectivity index (χ2n) is 8.45. The van der Waals surface area contributed by atoms with E-state index in [1.54, 1.807) is 31.4 Å². The van der Waals surface area contributed by atoms with Crippen LogP contribution in [0.3, 0.4) is 0 Å². The SMILES string of the molecule is CCC(NC(=O)c1ccc(OCC(=O)N2C(C)CCCC2C)cc1)c1ccc(OC)cc1. The Morgan fingerprint density at radius 3 is 2.16 bits per heavy atom. The van der Waals surface area contributed by atoms with Crippen molar-refractivity contribution in [1.82, 2.24) is 10.2 Å². The maximum absolute atomic E-state index is 12.7. The summed E-state index contributed by atoms with van der Waals surface area (Å²) < 4.78 is 10.9. The topological polar surface area (TPSA) is 67.9 Å². The maximum atomic E-state index is 12.7. The maximum Gasteiger partial charge on any atom is 0.260 e. The Balaban J connectivity index is 1.55. The molecule has 2 amide bonds. The van der Waals surface area contributed by atoms with Crippen LogP contribution in [0.1, 0.15) is 68.4 Å². The average Bonchev–Trinajstić information content (AvgIpc) is 2.81. The van der Waals surface area contributed by atoms with Crippen molar-refractivity contribution in [2.24, 2.45) is 0 Å². The van der Waals surface area contributed by atoms with Crippen molar-refractivity contribution in [3.8, 4) is 11.5 Å². The number of methoxy groups -OCH3 is 1. The number of carbonyl (C=O) groups is 2. The molecule has 3 atom stereocenters. The molecule has 172 valence electrons. The summed E-state index contributed by atoms with van der Waals surface area (Å²) in [5.41, 5.74) is 1.58. The molecule has 2 aromatic carbocycles. The predicted molar refractivity (Wildman–Crippen MR) is 125 cm³/mol. The molecule has 0 bridgehead atoms. The van der Waals surface area contributed by atoms with Gasteiger partial charge in [-0.15, -0.1) is 0 Å². The van der Waals surface area contributed by atoms with Crippen LogP contribution in [0, 0.1) is 0 Å². The minimum Gasteiger partial charge on any atom is -0.497 e. The lowest BCUT2D eigenvalue weighted by Crippen LogP contribution is -2.49. The first-order chi connectivity index (χ1) is 15.4. The van der Waals surface area contributed by atoms with Crippen molar-refractivity contribution >= 4 is 11.8 Å². The monoisotopic (exact) mass is 438 g/mol. The summed E-state index contributed by atoms with van der Waals surface area (Å²) in [5.74, 6) is 1.23. The second kappa shape index (κ2) is 11.0. The summed E-state index contributed by atoms with van der Waals surface area (Å²) in [7, 11) is 1.63. The van der Waals surface area contributed by atoms with Gasteiger partial charge in [-0.2, -0.15) is 0 Å². The van der Waals surface area contributed by atoms with E-state index in [2.05, 4.69) is 19.2 Å². The van der Waals surface area contributed by atoms with Crippen LogP contribution in [0.4, 0.5) is 0 Å². The third-order valence-corrected chi connectivity index (χ3v) is 6.19. The molecule has 3 rings (SSSR count). The first kappa shape index (κ1) is 23.6.